The quantitative estimate of drug-likeness (QED) is 0.822. The van der Waals surface area contributed by atoms with Crippen LogP contribution in [0.4, 0.5) is 10.5 Å². The largest absolute Gasteiger partial charge is 0.337 e. The minimum absolute atomic E-state index is 0.105. The number of carbonyl (C=O) groups excluding carboxylic acids is 1. The highest BCUT2D eigenvalue weighted by Crippen LogP contribution is 2.28. The Morgan fingerprint density at radius 2 is 1.52 bits per heavy atom. The van der Waals surface area contributed by atoms with Crippen molar-refractivity contribution < 1.29 is 4.79 Å². The lowest BCUT2D eigenvalue weighted by atomic mass is 9.89. The summed E-state index contributed by atoms with van der Waals surface area (Å²) >= 11 is 0. The van der Waals surface area contributed by atoms with Gasteiger partial charge in [-0.25, -0.2) is 4.79 Å². The molecule has 0 saturated heterocycles. The van der Waals surface area contributed by atoms with Gasteiger partial charge in [-0.3, -0.25) is 4.90 Å². The fraction of sp³-hybridized carbons (Fsp3) is 0.650. The van der Waals surface area contributed by atoms with E-state index in [9.17, 15) is 4.79 Å². The van der Waals surface area contributed by atoms with E-state index in [-0.39, 0.29) is 6.03 Å². The van der Waals surface area contributed by atoms with Crippen molar-refractivity contribution >= 4 is 11.7 Å². The van der Waals surface area contributed by atoms with E-state index in [0.29, 0.717) is 12.0 Å². The lowest BCUT2D eigenvalue weighted by Crippen LogP contribution is -2.48. The summed E-state index contributed by atoms with van der Waals surface area (Å²) in [6.07, 6.45) is 12.6. The maximum Gasteiger partial charge on any atom is 0.322 e. The van der Waals surface area contributed by atoms with Gasteiger partial charge >= 0.3 is 6.03 Å². The number of nitrogens with zero attached hydrogens (tertiary/aromatic N) is 1. The molecule has 0 radical (unpaired) electrons. The molecule has 1 N–H and O–H groups in total. The summed E-state index contributed by atoms with van der Waals surface area (Å²) in [4.78, 5) is 14.9. The van der Waals surface area contributed by atoms with Gasteiger partial charge in [-0.2, -0.15) is 0 Å². The van der Waals surface area contributed by atoms with Crippen molar-refractivity contribution in [2.45, 2.75) is 70.3 Å². The van der Waals surface area contributed by atoms with Crippen molar-refractivity contribution in [3.8, 4) is 0 Å². The van der Waals surface area contributed by atoms with Gasteiger partial charge in [0.1, 0.15) is 0 Å². The molecule has 3 rings (SSSR count). The smallest absolute Gasteiger partial charge is 0.322 e. The van der Waals surface area contributed by atoms with Crippen LogP contribution in [0.1, 0.15) is 64.2 Å². The number of rotatable bonds is 4. The summed E-state index contributed by atoms with van der Waals surface area (Å²) in [6, 6.07) is 10.7. The van der Waals surface area contributed by atoms with Gasteiger partial charge in [-0.15, -0.1) is 0 Å². The van der Waals surface area contributed by atoms with E-state index in [1.54, 1.807) is 0 Å². The van der Waals surface area contributed by atoms with Crippen LogP contribution in [0.2, 0.25) is 0 Å². The predicted molar refractivity (Wildman–Crippen MR) is 95.8 cm³/mol. The van der Waals surface area contributed by atoms with Crippen LogP contribution < -0.4 is 10.2 Å². The lowest BCUT2D eigenvalue weighted by molar-refractivity contribution is 0.236. The molecule has 2 aliphatic rings. The fourth-order valence-electron chi connectivity index (χ4n) is 4.13. The number of urea groups is 1. The molecule has 126 valence electrons. The maximum absolute atomic E-state index is 12.9. The summed E-state index contributed by atoms with van der Waals surface area (Å²) < 4.78 is 0. The Balaban J connectivity index is 1.65. The molecule has 23 heavy (non-hydrogen) atoms. The SMILES string of the molecule is O=C(NCC1CCCCC1)N(c1ccccc1)C1CCCCC1. The van der Waals surface area contributed by atoms with Crippen molar-refractivity contribution in [3.63, 3.8) is 0 Å². The van der Waals surface area contributed by atoms with Gasteiger partial charge in [0.25, 0.3) is 0 Å². The van der Waals surface area contributed by atoms with E-state index in [1.807, 2.05) is 23.1 Å². The normalized spacial score (nSPS) is 20.2. The molecular formula is C20H30N2O. The zero-order valence-electron chi connectivity index (χ0n) is 14.2. The molecule has 0 unspecified atom stereocenters. The summed E-state index contributed by atoms with van der Waals surface area (Å²) in [7, 11) is 0. The third-order valence-electron chi connectivity index (χ3n) is 5.46. The van der Waals surface area contributed by atoms with Gasteiger partial charge < -0.3 is 5.32 Å². The third kappa shape index (κ3) is 4.49. The Kier molecular flexibility index (Phi) is 5.95. The van der Waals surface area contributed by atoms with Crippen LogP contribution in [0.5, 0.6) is 0 Å². The van der Waals surface area contributed by atoms with Crippen LogP contribution in [0.25, 0.3) is 0 Å². The Labute approximate surface area is 140 Å². The molecule has 0 heterocycles. The molecule has 2 saturated carbocycles. The lowest BCUT2D eigenvalue weighted by Gasteiger charge is -2.35. The molecule has 2 fully saturated rings. The standard InChI is InChI=1S/C20H30N2O/c23-20(21-16-17-10-4-1-5-11-17)22(18-12-6-2-7-13-18)19-14-8-3-9-15-19/h2,6-7,12-13,17,19H,1,3-5,8-11,14-16H2,(H,21,23). The van der Waals surface area contributed by atoms with E-state index in [4.69, 9.17) is 0 Å². The summed E-state index contributed by atoms with van der Waals surface area (Å²) in [5.74, 6) is 0.677. The topological polar surface area (TPSA) is 32.3 Å². The number of para-hydroxylation sites is 1. The second-order valence-electron chi connectivity index (χ2n) is 7.19. The predicted octanol–water partition coefficient (Wildman–Crippen LogP) is 5.12. The number of hydrogen-bond acceptors (Lipinski definition) is 1. The summed E-state index contributed by atoms with van der Waals surface area (Å²) in [5, 5.41) is 3.24. The molecule has 2 aliphatic carbocycles. The second kappa shape index (κ2) is 8.37. The zero-order valence-corrected chi connectivity index (χ0v) is 14.2. The van der Waals surface area contributed by atoms with E-state index in [2.05, 4.69) is 17.4 Å². The van der Waals surface area contributed by atoms with Crippen molar-refractivity contribution in [1.82, 2.24) is 5.32 Å². The van der Waals surface area contributed by atoms with Crippen molar-refractivity contribution in [1.29, 1.82) is 0 Å². The highest BCUT2D eigenvalue weighted by Gasteiger charge is 2.27. The second-order valence-corrected chi connectivity index (χ2v) is 7.19. The first-order chi connectivity index (χ1) is 11.3. The van der Waals surface area contributed by atoms with Gasteiger partial charge in [-0.1, -0.05) is 56.7 Å². The van der Waals surface area contributed by atoms with E-state index in [1.165, 1.54) is 51.4 Å². The van der Waals surface area contributed by atoms with Gasteiger partial charge in [0, 0.05) is 18.3 Å². The minimum atomic E-state index is 0.105. The molecule has 0 aromatic heterocycles. The molecule has 0 aliphatic heterocycles. The Hall–Kier alpha value is -1.51. The molecule has 3 heteroatoms. The Morgan fingerprint density at radius 1 is 0.913 bits per heavy atom. The van der Waals surface area contributed by atoms with E-state index >= 15 is 0 Å². The van der Waals surface area contributed by atoms with Crippen LogP contribution in [-0.2, 0) is 0 Å². The summed E-state index contributed by atoms with van der Waals surface area (Å²) in [5.41, 5.74) is 1.04. The van der Waals surface area contributed by atoms with Crippen LogP contribution >= 0.6 is 0 Å². The fourth-order valence-corrected chi connectivity index (χ4v) is 4.13. The monoisotopic (exact) mass is 314 g/mol. The molecule has 0 atom stereocenters. The number of hydrogen-bond donors (Lipinski definition) is 1. The highest BCUT2D eigenvalue weighted by atomic mass is 16.2. The number of amides is 2. The molecule has 2 amide bonds. The van der Waals surface area contributed by atoms with Crippen LogP contribution in [0.15, 0.2) is 30.3 Å². The van der Waals surface area contributed by atoms with Crippen molar-refractivity contribution in [2.75, 3.05) is 11.4 Å². The molecular weight excluding hydrogens is 284 g/mol. The van der Waals surface area contributed by atoms with Crippen LogP contribution in [-0.4, -0.2) is 18.6 Å². The molecule has 0 spiro atoms. The molecule has 1 aromatic rings. The Morgan fingerprint density at radius 3 is 2.17 bits per heavy atom. The number of benzene rings is 1. The van der Waals surface area contributed by atoms with Crippen molar-refractivity contribution in [2.24, 2.45) is 5.92 Å². The van der Waals surface area contributed by atoms with Gasteiger partial charge in [0.05, 0.1) is 0 Å². The van der Waals surface area contributed by atoms with E-state index < -0.39 is 0 Å². The number of carbonyl (C=O) groups is 1. The minimum Gasteiger partial charge on any atom is -0.337 e. The summed E-state index contributed by atoms with van der Waals surface area (Å²) in [6.45, 7) is 0.842. The first-order valence-corrected chi connectivity index (χ1v) is 9.47. The average molecular weight is 314 g/mol. The van der Waals surface area contributed by atoms with Crippen LogP contribution in [0.3, 0.4) is 0 Å². The van der Waals surface area contributed by atoms with Crippen molar-refractivity contribution in [3.05, 3.63) is 30.3 Å². The average Bonchev–Trinajstić information content (AvgIpc) is 2.63. The highest BCUT2D eigenvalue weighted by molar-refractivity contribution is 5.92. The number of anilines is 1. The van der Waals surface area contributed by atoms with E-state index in [0.717, 1.165) is 25.1 Å². The zero-order chi connectivity index (χ0) is 15.9. The molecule has 1 aromatic carbocycles. The molecule has 3 nitrogen and oxygen atoms in total. The molecule has 0 bridgehead atoms. The third-order valence-corrected chi connectivity index (χ3v) is 5.46. The maximum atomic E-state index is 12.9. The van der Waals surface area contributed by atoms with Gasteiger partial charge in [0.2, 0.25) is 0 Å². The first kappa shape index (κ1) is 16.4. The van der Waals surface area contributed by atoms with Crippen LogP contribution in [0, 0.1) is 5.92 Å². The van der Waals surface area contributed by atoms with Gasteiger partial charge in [-0.05, 0) is 43.7 Å². The number of nitrogens with one attached hydrogen (secondary N) is 1. The van der Waals surface area contributed by atoms with Gasteiger partial charge in [0.15, 0.2) is 0 Å². The Bertz CT molecular complexity index is 476. The first-order valence-electron chi connectivity index (χ1n) is 9.47.